The number of piperazine rings is 1. The van der Waals surface area contributed by atoms with Gasteiger partial charge in [0.15, 0.2) is 0 Å². The maximum atomic E-state index is 4.99. The highest BCUT2D eigenvalue weighted by atomic mass is 32.1. The quantitative estimate of drug-likeness (QED) is 0.641. The summed E-state index contributed by atoms with van der Waals surface area (Å²) in [5, 5.41) is 6.10. The minimum Gasteiger partial charge on any atom is -0.347 e. The number of likely N-dealkylation sites (N-methyl/N-ethyl adjacent to an activating group) is 1. The zero-order valence-electron chi connectivity index (χ0n) is 18.3. The summed E-state index contributed by atoms with van der Waals surface area (Å²) in [5.41, 5.74) is 4.64. The Bertz CT molecular complexity index is 991. The van der Waals surface area contributed by atoms with E-state index in [1.807, 2.05) is 0 Å². The van der Waals surface area contributed by atoms with Gasteiger partial charge in [0.05, 0.1) is 11.4 Å². The smallest absolute Gasteiger partial charge is 0.214 e. The average molecular weight is 425 g/mol. The van der Waals surface area contributed by atoms with Crippen molar-refractivity contribution in [1.82, 2.24) is 24.4 Å². The van der Waals surface area contributed by atoms with Gasteiger partial charge in [0.2, 0.25) is 10.1 Å². The normalized spacial score (nSPS) is 19.8. The lowest BCUT2D eigenvalue weighted by Crippen LogP contribution is -2.47. The maximum Gasteiger partial charge on any atom is 0.214 e. The highest BCUT2D eigenvalue weighted by molar-refractivity contribution is 7.20. The molecule has 0 spiro atoms. The molecule has 2 aliphatic rings. The lowest BCUT2D eigenvalue weighted by molar-refractivity contribution is 0.129. The first-order valence-electron chi connectivity index (χ1n) is 11.2. The predicted octanol–water partition coefficient (Wildman–Crippen LogP) is 3.54. The van der Waals surface area contributed by atoms with Gasteiger partial charge in [-0.25, -0.2) is 9.50 Å². The van der Waals surface area contributed by atoms with E-state index < -0.39 is 0 Å². The first kappa shape index (κ1) is 20.0. The molecule has 5 rings (SSSR count). The summed E-state index contributed by atoms with van der Waals surface area (Å²) in [6, 6.07) is 8.67. The molecule has 0 N–H and O–H groups in total. The number of nitrogens with zero attached hydrogens (tertiary/aromatic N) is 6. The van der Waals surface area contributed by atoms with Gasteiger partial charge in [-0.15, -0.1) is 5.10 Å². The molecule has 2 aliphatic heterocycles. The molecule has 0 amide bonds. The van der Waals surface area contributed by atoms with Gasteiger partial charge in [-0.3, -0.25) is 0 Å². The lowest BCUT2D eigenvalue weighted by atomic mass is 9.96. The summed E-state index contributed by atoms with van der Waals surface area (Å²) in [6.07, 6.45) is 2.52. The van der Waals surface area contributed by atoms with Crippen LogP contribution in [0, 0.1) is 19.8 Å². The van der Waals surface area contributed by atoms with E-state index in [1.54, 1.807) is 11.3 Å². The Kier molecular flexibility index (Phi) is 5.52. The van der Waals surface area contributed by atoms with Crippen LogP contribution in [-0.2, 0) is 0 Å². The second kappa shape index (κ2) is 8.29. The van der Waals surface area contributed by atoms with Gasteiger partial charge in [-0.1, -0.05) is 41.2 Å². The summed E-state index contributed by atoms with van der Waals surface area (Å²) in [5.74, 6) is 0.819. The van der Waals surface area contributed by atoms with Crippen LogP contribution in [-0.4, -0.2) is 77.3 Å². The van der Waals surface area contributed by atoms with Gasteiger partial charge in [0.1, 0.15) is 0 Å². The summed E-state index contributed by atoms with van der Waals surface area (Å²) in [7, 11) is 2.23. The van der Waals surface area contributed by atoms with Crippen LogP contribution in [0.15, 0.2) is 24.3 Å². The zero-order chi connectivity index (χ0) is 20.7. The summed E-state index contributed by atoms with van der Waals surface area (Å²) >= 11 is 1.72. The Morgan fingerprint density at radius 1 is 0.967 bits per heavy atom. The molecule has 30 heavy (non-hydrogen) atoms. The number of fused-ring (bicyclic) bond motifs is 1. The van der Waals surface area contributed by atoms with Gasteiger partial charge >= 0.3 is 0 Å². The van der Waals surface area contributed by atoms with E-state index in [2.05, 4.69) is 64.4 Å². The zero-order valence-corrected chi connectivity index (χ0v) is 19.2. The molecule has 0 radical (unpaired) electrons. The maximum absolute atomic E-state index is 4.99. The summed E-state index contributed by atoms with van der Waals surface area (Å²) < 4.78 is 2.05. The van der Waals surface area contributed by atoms with Crippen molar-refractivity contribution in [3.8, 4) is 11.3 Å². The second-order valence-electron chi connectivity index (χ2n) is 9.03. The topological polar surface area (TPSA) is 39.9 Å². The van der Waals surface area contributed by atoms with Gasteiger partial charge in [0, 0.05) is 51.4 Å². The molecular formula is C23H32N6S. The third-order valence-electron chi connectivity index (χ3n) is 6.69. The number of rotatable bonds is 4. The predicted molar refractivity (Wildman–Crippen MR) is 125 cm³/mol. The molecule has 0 unspecified atom stereocenters. The fourth-order valence-electron chi connectivity index (χ4n) is 4.71. The Morgan fingerprint density at radius 3 is 2.37 bits per heavy atom. The summed E-state index contributed by atoms with van der Waals surface area (Å²) in [6.45, 7) is 12.5. The van der Waals surface area contributed by atoms with Crippen LogP contribution in [0.25, 0.3) is 16.2 Å². The molecule has 7 heteroatoms. The molecule has 6 nitrogen and oxygen atoms in total. The van der Waals surface area contributed by atoms with Crippen LogP contribution >= 0.6 is 11.3 Å². The Hall–Kier alpha value is -1.96. The largest absolute Gasteiger partial charge is 0.347 e. The number of aryl methyl sites for hydroxylation is 2. The number of hydrogen-bond acceptors (Lipinski definition) is 6. The van der Waals surface area contributed by atoms with Gasteiger partial charge < -0.3 is 14.7 Å². The van der Waals surface area contributed by atoms with Crippen LogP contribution < -0.4 is 4.90 Å². The second-order valence-corrected chi connectivity index (χ2v) is 9.96. The number of piperidine rings is 1. The highest BCUT2D eigenvalue weighted by Gasteiger charge is 2.26. The highest BCUT2D eigenvalue weighted by Crippen LogP contribution is 2.32. The first-order chi connectivity index (χ1) is 14.6. The van der Waals surface area contributed by atoms with E-state index in [-0.39, 0.29) is 0 Å². The van der Waals surface area contributed by atoms with Gasteiger partial charge in [-0.2, -0.15) is 0 Å². The number of hydrogen-bond donors (Lipinski definition) is 0. The fraction of sp³-hybridized carbons (Fsp3) is 0.565. The molecule has 0 bridgehead atoms. The Balaban J connectivity index is 1.27. The third-order valence-corrected chi connectivity index (χ3v) is 7.66. The van der Waals surface area contributed by atoms with Crippen LogP contribution in [0.3, 0.4) is 0 Å². The molecule has 2 aromatic heterocycles. The number of anilines is 1. The monoisotopic (exact) mass is 424 g/mol. The standard InChI is InChI=1S/C23H32N6S/c1-17-4-6-20(7-5-17)21-18(2)24-22-29(21)25-23(30-22)28-10-8-19(9-11-28)16-27-14-12-26(3)13-15-27/h4-7,19H,8-16H2,1-3H3. The molecule has 0 saturated carbocycles. The van der Waals surface area contributed by atoms with Crippen molar-refractivity contribution in [2.45, 2.75) is 26.7 Å². The number of aromatic nitrogens is 3. The van der Waals surface area contributed by atoms with Crippen molar-refractivity contribution in [2.24, 2.45) is 5.92 Å². The minimum atomic E-state index is 0.819. The van der Waals surface area contributed by atoms with Crippen LogP contribution in [0.5, 0.6) is 0 Å². The minimum absolute atomic E-state index is 0.819. The lowest BCUT2D eigenvalue weighted by Gasteiger charge is -2.37. The van der Waals surface area contributed by atoms with Gasteiger partial charge in [0.25, 0.3) is 0 Å². The molecular weight excluding hydrogens is 392 g/mol. The molecule has 3 aromatic rings. The third kappa shape index (κ3) is 3.98. The molecule has 1 aromatic carbocycles. The van der Waals surface area contributed by atoms with Crippen molar-refractivity contribution in [1.29, 1.82) is 0 Å². The van der Waals surface area contributed by atoms with E-state index >= 15 is 0 Å². The molecule has 2 saturated heterocycles. The average Bonchev–Trinajstić information content (AvgIpc) is 3.28. The number of imidazole rings is 1. The fourth-order valence-corrected chi connectivity index (χ4v) is 5.71. The van der Waals surface area contributed by atoms with Crippen molar-refractivity contribution < 1.29 is 0 Å². The molecule has 160 valence electrons. The van der Waals surface area contributed by atoms with Crippen molar-refractivity contribution in [3.63, 3.8) is 0 Å². The van der Waals surface area contributed by atoms with E-state index in [0.29, 0.717) is 0 Å². The van der Waals surface area contributed by atoms with Crippen LogP contribution in [0.4, 0.5) is 5.13 Å². The van der Waals surface area contributed by atoms with Crippen molar-refractivity contribution >= 4 is 21.4 Å². The SMILES string of the molecule is Cc1ccc(-c2c(C)nc3sc(N4CCC(CN5CCN(C)CC5)CC4)nn23)cc1. The summed E-state index contributed by atoms with van der Waals surface area (Å²) in [4.78, 5) is 13.4. The molecule has 0 atom stereocenters. The number of benzene rings is 1. The molecule has 2 fully saturated rings. The van der Waals surface area contributed by atoms with Crippen LogP contribution in [0.1, 0.15) is 24.1 Å². The van der Waals surface area contributed by atoms with E-state index in [0.717, 1.165) is 40.5 Å². The Labute approximate surface area is 183 Å². The van der Waals surface area contributed by atoms with Crippen molar-refractivity contribution in [3.05, 3.63) is 35.5 Å². The van der Waals surface area contributed by atoms with Gasteiger partial charge in [-0.05, 0) is 39.7 Å². The van der Waals surface area contributed by atoms with E-state index in [9.17, 15) is 0 Å². The van der Waals surface area contributed by atoms with Crippen LogP contribution in [0.2, 0.25) is 0 Å². The Morgan fingerprint density at radius 2 is 1.67 bits per heavy atom. The van der Waals surface area contributed by atoms with E-state index in [1.165, 1.54) is 56.7 Å². The van der Waals surface area contributed by atoms with E-state index in [4.69, 9.17) is 10.1 Å². The van der Waals surface area contributed by atoms with Crippen molar-refractivity contribution in [2.75, 3.05) is 57.8 Å². The molecule has 4 heterocycles. The first-order valence-corrected chi connectivity index (χ1v) is 12.0. The molecule has 0 aliphatic carbocycles.